The van der Waals surface area contributed by atoms with E-state index in [0.29, 0.717) is 19.0 Å². The van der Waals surface area contributed by atoms with E-state index in [1.54, 1.807) is 6.07 Å². The third-order valence-electron chi connectivity index (χ3n) is 2.95. The molecule has 1 N–H and O–H groups in total. The zero-order valence-electron chi connectivity index (χ0n) is 11.3. The predicted molar refractivity (Wildman–Crippen MR) is 76.8 cm³/mol. The van der Waals surface area contributed by atoms with Crippen molar-refractivity contribution in [2.75, 3.05) is 19.8 Å². The lowest BCUT2D eigenvalue weighted by Crippen LogP contribution is -2.07. The first-order valence-corrected chi connectivity index (χ1v) is 6.73. The fourth-order valence-corrected chi connectivity index (χ4v) is 1.88. The van der Waals surface area contributed by atoms with Crippen LogP contribution in [0.3, 0.4) is 0 Å². The summed E-state index contributed by atoms with van der Waals surface area (Å²) in [4.78, 5) is 0. The van der Waals surface area contributed by atoms with E-state index in [1.807, 2.05) is 30.3 Å². The molecule has 0 fully saturated rings. The smallest absolute Gasteiger partial charge is 0.161 e. The van der Waals surface area contributed by atoms with Gasteiger partial charge >= 0.3 is 0 Å². The third-order valence-corrected chi connectivity index (χ3v) is 2.95. The second-order valence-corrected chi connectivity index (χ2v) is 4.48. The van der Waals surface area contributed by atoms with Gasteiger partial charge in [-0.15, -0.1) is 0 Å². The molecule has 0 aromatic heterocycles. The summed E-state index contributed by atoms with van der Waals surface area (Å²) in [6.45, 7) is 3.90. The van der Waals surface area contributed by atoms with Crippen molar-refractivity contribution in [3.63, 3.8) is 0 Å². The Hall–Kier alpha value is -1.74. The molecule has 0 aliphatic heterocycles. The van der Waals surface area contributed by atoms with Crippen LogP contribution >= 0.6 is 0 Å². The zero-order chi connectivity index (χ0) is 13.5. The van der Waals surface area contributed by atoms with Gasteiger partial charge < -0.3 is 14.6 Å². The third kappa shape index (κ3) is 3.86. The van der Waals surface area contributed by atoms with Gasteiger partial charge in [-0.05, 0) is 29.3 Å². The number of fused-ring (bicyclic) bond motifs is 1. The molecular formula is C16H20O3. The summed E-state index contributed by atoms with van der Waals surface area (Å²) < 4.78 is 11.0. The average Bonchev–Trinajstić information content (AvgIpc) is 2.43. The Morgan fingerprint density at radius 1 is 1.00 bits per heavy atom. The van der Waals surface area contributed by atoms with Gasteiger partial charge in [-0.2, -0.15) is 0 Å². The van der Waals surface area contributed by atoms with Crippen LogP contribution in [0.25, 0.3) is 10.8 Å². The van der Waals surface area contributed by atoms with Gasteiger partial charge in [-0.25, -0.2) is 0 Å². The first-order valence-electron chi connectivity index (χ1n) is 6.73. The van der Waals surface area contributed by atoms with Crippen molar-refractivity contribution in [3.8, 4) is 11.5 Å². The number of ether oxygens (including phenoxy) is 2. The van der Waals surface area contributed by atoms with Gasteiger partial charge in [-0.3, -0.25) is 0 Å². The second kappa shape index (κ2) is 7.00. The van der Waals surface area contributed by atoms with E-state index < -0.39 is 0 Å². The lowest BCUT2D eigenvalue weighted by Gasteiger charge is -2.10. The van der Waals surface area contributed by atoms with Gasteiger partial charge in [0.05, 0.1) is 6.61 Å². The molecule has 102 valence electrons. The van der Waals surface area contributed by atoms with E-state index in [0.717, 1.165) is 30.2 Å². The van der Waals surface area contributed by atoms with Crippen LogP contribution in [0, 0.1) is 0 Å². The normalized spacial score (nSPS) is 10.8. The molecule has 0 bridgehead atoms. The molecule has 2 rings (SSSR count). The summed E-state index contributed by atoms with van der Waals surface area (Å²) >= 11 is 0. The van der Waals surface area contributed by atoms with E-state index in [1.165, 1.54) is 0 Å². The van der Waals surface area contributed by atoms with Gasteiger partial charge in [0.15, 0.2) is 11.5 Å². The largest absolute Gasteiger partial charge is 0.504 e. The molecule has 0 aliphatic carbocycles. The van der Waals surface area contributed by atoms with Crippen molar-refractivity contribution in [1.29, 1.82) is 0 Å². The van der Waals surface area contributed by atoms with Crippen molar-refractivity contribution in [1.82, 2.24) is 0 Å². The van der Waals surface area contributed by atoms with Crippen molar-refractivity contribution in [2.45, 2.75) is 19.8 Å². The van der Waals surface area contributed by atoms with Crippen LogP contribution in [-0.2, 0) is 4.74 Å². The molecule has 0 spiro atoms. The van der Waals surface area contributed by atoms with Crippen molar-refractivity contribution < 1.29 is 14.6 Å². The Morgan fingerprint density at radius 3 is 2.47 bits per heavy atom. The maximum atomic E-state index is 9.88. The number of benzene rings is 2. The van der Waals surface area contributed by atoms with Crippen LogP contribution in [0.4, 0.5) is 0 Å². The van der Waals surface area contributed by atoms with Crippen LogP contribution in [-0.4, -0.2) is 24.9 Å². The van der Waals surface area contributed by atoms with Gasteiger partial charge in [0, 0.05) is 6.61 Å². The standard InChI is InChI=1S/C16H20O3/c1-2-3-8-18-9-10-19-16-12-14-7-5-4-6-13(14)11-15(16)17/h4-7,11-12,17H,2-3,8-10H2,1H3. The van der Waals surface area contributed by atoms with E-state index in [9.17, 15) is 5.11 Å². The molecule has 3 nitrogen and oxygen atoms in total. The molecule has 0 aliphatic rings. The highest BCUT2D eigenvalue weighted by Gasteiger charge is 2.04. The zero-order valence-corrected chi connectivity index (χ0v) is 11.3. The summed E-state index contributed by atoms with van der Waals surface area (Å²) in [5, 5.41) is 11.9. The van der Waals surface area contributed by atoms with Crippen LogP contribution in [0.5, 0.6) is 11.5 Å². The lowest BCUT2D eigenvalue weighted by atomic mass is 10.1. The maximum absolute atomic E-state index is 9.88. The molecule has 0 radical (unpaired) electrons. The predicted octanol–water partition coefficient (Wildman–Crippen LogP) is 3.74. The Kier molecular flexibility index (Phi) is 5.04. The van der Waals surface area contributed by atoms with Crippen molar-refractivity contribution in [3.05, 3.63) is 36.4 Å². The fourth-order valence-electron chi connectivity index (χ4n) is 1.88. The minimum Gasteiger partial charge on any atom is -0.504 e. The highest BCUT2D eigenvalue weighted by Crippen LogP contribution is 2.31. The first kappa shape index (κ1) is 13.7. The average molecular weight is 260 g/mol. The number of hydrogen-bond donors (Lipinski definition) is 1. The molecule has 0 atom stereocenters. The summed E-state index contributed by atoms with van der Waals surface area (Å²) in [7, 11) is 0. The van der Waals surface area contributed by atoms with Gasteiger partial charge in [0.25, 0.3) is 0 Å². The molecule has 0 amide bonds. The van der Waals surface area contributed by atoms with Gasteiger partial charge in [0.1, 0.15) is 6.61 Å². The minimum atomic E-state index is 0.173. The van der Waals surface area contributed by atoms with E-state index in [2.05, 4.69) is 6.92 Å². The minimum absolute atomic E-state index is 0.173. The van der Waals surface area contributed by atoms with Gasteiger partial charge in [-0.1, -0.05) is 37.6 Å². The lowest BCUT2D eigenvalue weighted by molar-refractivity contribution is 0.0971. The molecular weight excluding hydrogens is 240 g/mol. The first-order chi connectivity index (χ1) is 9.31. The monoisotopic (exact) mass is 260 g/mol. The quantitative estimate of drug-likeness (QED) is 0.771. The SMILES string of the molecule is CCCCOCCOc1cc2ccccc2cc1O. The molecule has 19 heavy (non-hydrogen) atoms. The number of rotatable bonds is 7. The van der Waals surface area contributed by atoms with E-state index >= 15 is 0 Å². The van der Waals surface area contributed by atoms with Crippen LogP contribution in [0.2, 0.25) is 0 Å². The van der Waals surface area contributed by atoms with Crippen LogP contribution in [0.1, 0.15) is 19.8 Å². The van der Waals surface area contributed by atoms with Gasteiger partial charge in [0.2, 0.25) is 0 Å². The highest BCUT2D eigenvalue weighted by atomic mass is 16.5. The number of unbranched alkanes of at least 4 members (excludes halogenated alkanes) is 1. The molecule has 2 aromatic carbocycles. The van der Waals surface area contributed by atoms with Crippen LogP contribution in [0.15, 0.2) is 36.4 Å². The number of hydrogen-bond acceptors (Lipinski definition) is 3. The Bertz CT molecular complexity index is 522. The summed E-state index contributed by atoms with van der Waals surface area (Å²) in [5.74, 6) is 0.685. The van der Waals surface area contributed by atoms with Crippen LogP contribution < -0.4 is 4.74 Å². The molecule has 0 saturated carbocycles. The molecule has 0 saturated heterocycles. The maximum Gasteiger partial charge on any atom is 0.161 e. The number of phenolic OH excluding ortho intramolecular Hbond substituents is 1. The Balaban J connectivity index is 1.91. The molecule has 2 aromatic rings. The summed E-state index contributed by atoms with van der Waals surface area (Å²) in [5.41, 5.74) is 0. The van der Waals surface area contributed by atoms with E-state index in [-0.39, 0.29) is 5.75 Å². The molecule has 0 unspecified atom stereocenters. The molecule has 3 heteroatoms. The van der Waals surface area contributed by atoms with Crippen molar-refractivity contribution >= 4 is 10.8 Å². The second-order valence-electron chi connectivity index (χ2n) is 4.48. The summed E-state index contributed by atoms with van der Waals surface area (Å²) in [6, 6.07) is 11.5. The number of aromatic hydroxyl groups is 1. The Labute approximate surface area is 113 Å². The fraction of sp³-hybridized carbons (Fsp3) is 0.375. The Morgan fingerprint density at radius 2 is 1.74 bits per heavy atom. The topological polar surface area (TPSA) is 38.7 Å². The van der Waals surface area contributed by atoms with E-state index in [4.69, 9.17) is 9.47 Å². The number of phenols is 1. The van der Waals surface area contributed by atoms with Crippen molar-refractivity contribution in [2.24, 2.45) is 0 Å². The highest BCUT2D eigenvalue weighted by molar-refractivity contribution is 5.85. The molecule has 0 heterocycles. The summed E-state index contributed by atoms with van der Waals surface area (Å²) in [6.07, 6.45) is 2.20.